The van der Waals surface area contributed by atoms with Gasteiger partial charge in [-0.15, -0.1) is 0 Å². The van der Waals surface area contributed by atoms with Gasteiger partial charge in [-0.25, -0.2) is 23.0 Å². The third kappa shape index (κ3) is 6.75. The quantitative estimate of drug-likeness (QED) is 0.478. The topological polar surface area (TPSA) is 132 Å². The normalized spacial score (nSPS) is 26.5. The summed E-state index contributed by atoms with van der Waals surface area (Å²) in [5.74, 6) is -2.24. The molecular formula is C29H33ClF2N4O7S. The SMILES string of the molecule is CN1CCC(CS(C)(=O)=NC(=O)c2cc(F)c(COc3nc4c(cc3Cl)N=C(O[C@@H]3CO[C@H]5[C@@H]3OC[C@H]5O)C4)c(F)c2)CC1. The Bertz CT molecular complexity index is 1590. The van der Waals surface area contributed by atoms with Crippen LogP contribution < -0.4 is 4.74 Å². The van der Waals surface area contributed by atoms with Crippen molar-refractivity contribution in [2.24, 2.45) is 15.3 Å². The number of likely N-dealkylation sites (tertiary alicyclic amines) is 1. The van der Waals surface area contributed by atoms with Crippen LogP contribution in [-0.4, -0.2) is 101 Å². The number of halogens is 3. The number of rotatable bonds is 7. The summed E-state index contributed by atoms with van der Waals surface area (Å²) in [5.41, 5.74) is 0.191. The Morgan fingerprint density at radius 2 is 1.89 bits per heavy atom. The number of aliphatic imine (C=N–C) groups is 1. The molecule has 1 N–H and O–H groups in total. The molecule has 0 spiro atoms. The van der Waals surface area contributed by atoms with Crippen molar-refractivity contribution in [2.45, 2.75) is 50.3 Å². The Labute approximate surface area is 258 Å². The molecule has 1 amide bonds. The molecule has 44 heavy (non-hydrogen) atoms. The second kappa shape index (κ2) is 12.6. The van der Waals surface area contributed by atoms with Crippen LogP contribution in [0.5, 0.6) is 5.88 Å². The van der Waals surface area contributed by atoms with Gasteiger partial charge in [0.1, 0.15) is 41.6 Å². The molecule has 1 aromatic carbocycles. The van der Waals surface area contributed by atoms with E-state index in [9.17, 15) is 22.9 Å². The number of hydrogen-bond acceptors (Lipinski definition) is 10. The summed E-state index contributed by atoms with van der Waals surface area (Å²) in [6.07, 6.45) is 1.35. The molecule has 0 bridgehead atoms. The number of fused-ring (bicyclic) bond motifs is 2. The Morgan fingerprint density at radius 1 is 1.18 bits per heavy atom. The third-order valence-corrected chi connectivity index (χ3v) is 10.1. The number of piperidine rings is 1. The largest absolute Gasteiger partial charge is 0.472 e. The minimum absolute atomic E-state index is 0.0537. The molecule has 0 aliphatic carbocycles. The molecule has 5 atom stereocenters. The standard InChI is InChI=1S/C29H33ClF2N4O7S/c1-36-5-3-15(4-6-36)14-44(2,39)35-28(38)16-7-19(31)17(20(32)8-16)11-42-29-18(30)9-21-22(34-29)10-25(33-21)43-24-13-41-26-23(37)12-40-27(24)26/h7-9,15,23-24,26-27,37H,3-6,10-14H2,1-2H3/t23-,24-,26-,27-,44?/m1/s1. The van der Waals surface area contributed by atoms with Crippen molar-refractivity contribution < 1.29 is 41.8 Å². The van der Waals surface area contributed by atoms with Crippen LogP contribution >= 0.6 is 11.6 Å². The number of aliphatic hydroxyl groups excluding tert-OH is 1. The van der Waals surface area contributed by atoms with E-state index in [0.717, 1.165) is 38.1 Å². The zero-order chi connectivity index (χ0) is 31.2. The van der Waals surface area contributed by atoms with Crippen molar-refractivity contribution in [1.29, 1.82) is 0 Å². The van der Waals surface area contributed by atoms with E-state index in [1.54, 1.807) is 0 Å². The van der Waals surface area contributed by atoms with E-state index in [0.29, 0.717) is 17.3 Å². The summed E-state index contributed by atoms with van der Waals surface area (Å²) < 4.78 is 69.5. The Hall–Kier alpha value is -2.75. The molecule has 2 aromatic rings. The van der Waals surface area contributed by atoms with Crippen molar-refractivity contribution >= 4 is 38.8 Å². The number of aromatic nitrogens is 1. The van der Waals surface area contributed by atoms with Gasteiger partial charge in [-0.05, 0) is 57.1 Å². The molecule has 11 nitrogen and oxygen atoms in total. The molecule has 5 heterocycles. The predicted molar refractivity (Wildman–Crippen MR) is 157 cm³/mol. The number of pyridine rings is 1. The third-order valence-electron chi connectivity index (χ3n) is 8.23. The number of carbonyl (C=O) groups excluding carboxylic acids is 1. The minimum atomic E-state index is -2.88. The van der Waals surface area contributed by atoms with E-state index < -0.39 is 63.9 Å². The summed E-state index contributed by atoms with van der Waals surface area (Å²) in [4.78, 5) is 23.7. The minimum Gasteiger partial charge on any atom is -0.472 e. The maximum absolute atomic E-state index is 15.0. The Balaban J connectivity index is 1.08. The smallest absolute Gasteiger partial charge is 0.285 e. The first-order valence-corrected chi connectivity index (χ1v) is 16.8. The lowest BCUT2D eigenvalue weighted by atomic mass is 10.00. The maximum Gasteiger partial charge on any atom is 0.285 e. The van der Waals surface area contributed by atoms with Gasteiger partial charge in [-0.1, -0.05) is 11.6 Å². The van der Waals surface area contributed by atoms with Crippen LogP contribution in [0.1, 0.15) is 34.5 Å². The number of carbonyl (C=O) groups is 1. The molecule has 4 aliphatic rings. The molecule has 1 aromatic heterocycles. The first-order chi connectivity index (χ1) is 21.0. The molecule has 3 saturated heterocycles. The van der Waals surface area contributed by atoms with Gasteiger partial charge in [0.2, 0.25) is 5.88 Å². The first kappa shape index (κ1) is 31.2. The van der Waals surface area contributed by atoms with Gasteiger partial charge in [-0.3, -0.25) is 4.79 Å². The first-order valence-electron chi connectivity index (χ1n) is 14.3. The summed E-state index contributed by atoms with van der Waals surface area (Å²) in [6, 6.07) is 3.24. The van der Waals surface area contributed by atoms with Crippen LogP contribution in [0.25, 0.3) is 0 Å². The van der Waals surface area contributed by atoms with E-state index >= 15 is 0 Å². The van der Waals surface area contributed by atoms with Crippen molar-refractivity contribution in [3.63, 3.8) is 0 Å². The number of nitrogens with zero attached hydrogens (tertiary/aromatic N) is 4. The molecule has 15 heteroatoms. The fourth-order valence-electron chi connectivity index (χ4n) is 5.87. The van der Waals surface area contributed by atoms with Crippen molar-refractivity contribution in [3.05, 3.63) is 51.7 Å². The lowest BCUT2D eigenvalue weighted by molar-refractivity contribution is 0.00558. The van der Waals surface area contributed by atoms with Gasteiger partial charge in [0, 0.05) is 17.6 Å². The predicted octanol–water partition coefficient (Wildman–Crippen LogP) is 3.30. The van der Waals surface area contributed by atoms with Crippen molar-refractivity contribution in [2.75, 3.05) is 45.4 Å². The zero-order valence-corrected chi connectivity index (χ0v) is 25.8. The second-order valence-electron chi connectivity index (χ2n) is 11.7. The van der Waals surface area contributed by atoms with Crippen molar-refractivity contribution in [1.82, 2.24) is 9.88 Å². The highest BCUT2D eigenvalue weighted by atomic mass is 35.5. The van der Waals surface area contributed by atoms with Crippen LogP contribution in [0.2, 0.25) is 5.02 Å². The summed E-state index contributed by atoms with van der Waals surface area (Å²) in [6.45, 7) is 1.62. The molecule has 238 valence electrons. The highest BCUT2D eigenvalue weighted by molar-refractivity contribution is 7.93. The average Bonchev–Trinajstić information content (AvgIpc) is 3.65. The van der Waals surface area contributed by atoms with E-state index in [1.165, 1.54) is 12.3 Å². The highest BCUT2D eigenvalue weighted by Crippen LogP contribution is 2.36. The van der Waals surface area contributed by atoms with E-state index in [1.807, 2.05) is 7.05 Å². The zero-order valence-electron chi connectivity index (χ0n) is 24.2. The number of amides is 1. The molecule has 0 radical (unpaired) electrons. The van der Waals surface area contributed by atoms with Gasteiger partial charge >= 0.3 is 0 Å². The summed E-state index contributed by atoms with van der Waals surface area (Å²) >= 11 is 6.33. The van der Waals surface area contributed by atoms with Gasteiger partial charge in [0.15, 0.2) is 12.0 Å². The Kier molecular flexibility index (Phi) is 8.92. The van der Waals surface area contributed by atoms with E-state index in [-0.39, 0.29) is 47.8 Å². The molecule has 3 fully saturated rings. The van der Waals surface area contributed by atoms with Crippen molar-refractivity contribution in [3.8, 4) is 5.88 Å². The fraction of sp³-hybridized carbons (Fsp3) is 0.552. The fourth-order valence-corrected chi connectivity index (χ4v) is 7.81. The van der Waals surface area contributed by atoms with Gasteiger partial charge < -0.3 is 29.0 Å². The number of ether oxygens (including phenoxy) is 4. The summed E-state index contributed by atoms with van der Waals surface area (Å²) in [5, 5.41) is 10.0. The lowest BCUT2D eigenvalue weighted by Crippen LogP contribution is -2.34. The van der Waals surface area contributed by atoms with Crippen LogP contribution in [0, 0.1) is 17.6 Å². The van der Waals surface area contributed by atoms with Gasteiger partial charge in [-0.2, -0.15) is 4.36 Å². The molecule has 6 rings (SSSR count). The summed E-state index contributed by atoms with van der Waals surface area (Å²) in [7, 11) is -0.864. The average molecular weight is 655 g/mol. The molecular weight excluding hydrogens is 622 g/mol. The van der Waals surface area contributed by atoms with Crippen LogP contribution in [-0.2, 0) is 37.0 Å². The van der Waals surface area contributed by atoms with Crippen LogP contribution in [0.4, 0.5) is 14.5 Å². The lowest BCUT2D eigenvalue weighted by Gasteiger charge is -2.28. The van der Waals surface area contributed by atoms with Crippen LogP contribution in [0.15, 0.2) is 27.6 Å². The van der Waals surface area contributed by atoms with E-state index in [2.05, 4.69) is 19.2 Å². The number of hydrogen-bond donors (Lipinski definition) is 1. The number of benzene rings is 1. The molecule has 0 saturated carbocycles. The van der Waals surface area contributed by atoms with Gasteiger partial charge in [0.05, 0.1) is 46.3 Å². The Morgan fingerprint density at radius 3 is 2.61 bits per heavy atom. The molecule has 4 aliphatic heterocycles. The second-order valence-corrected chi connectivity index (χ2v) is 14.6. The van der Waals surface area contributed by atoms with E-state index in [4.69, 9.17) is 30.5 Å². The van der Waals surface area contributed by atoms with Crippen LogP contribution in [0.3, 0.4) is 0 Å². The van der Waals surface area contributed by atoms with Gasteiger partial charge in [0.25, 0.3) is 5.91 Å². The molecule has 1 unspecified atom stereocenters. The number of aliphatic hydroxyl groups is 1. The monoisotopic (exact) mass is 654 g/mol. The maximum atomic E-state index is 15.0. The highest BCUT2D eigenvalue weighted by Gasteiger charge is 2.49.